The molecule has 0 bridgehead atoms. The Hall–Kier alpha value is -1.59. The first kappa shape index (κ1) is 19.2. The van der Waals surface area contributed by atoms with Crippen LogP contribution in [0.5, 0.6) is 5.75 Å². The van der Waals surface area contributed by atoms with Gasteiger partial charge in [-0.15, -0.1) is 0 Å². The lowest BCUT2D eigenvalue weighted by molar-refractivity contribution is 0.00158. The number of amides is 1. The maximum atomic E-state index is 12.9. The number of carbonyl (C=O) groups is 1. The van der Waals surface area contributed by atoms with Crippen LogP contribution in [-0.2, 0) is 10.2 Å². The summed E-state index contributed by atoms with van der Waals surface area (Å²) in [6.45, 7) is 11.8. The SMILES string of the molecule is COc1cc(C(=O)N2CCC(N3CCOCC3)CC2)ccc1C(C)(C)C. The molecule has 0 radical (unpaired) electrons. The van der Waals surface area contributed by atoms with Gasteiger partial charge in [-0.25, -0.2) is 0 Å². The predicted octanol–water partition coefficient (Wildman–Crippen LogP) is 2.93. The van der Waals surface area contributed by atoms with E-state index in [4.69, 9.17) is 9.47 Å². The summed E-state index contributed by atoms with van der Waals surface area (Å²) >= 11 is 0. The predicted molar refractivity (Wildman–Crippen MR) is 103 cm³/mol. The largest absolute Gasteiger partial charge is 0.496 e. The number of hydrogen-bond donors (Lipinski definition) is 0. The molecule has 1 aromatic carbocycles. The standard InChI is InChI=1S/C21H32N2O3/c1-21(2,3)18-6-5-16(15-19(18)25-4)20(24)23-9-7-17(8-10-23)22-11-13-26-14-12-22/h5-6,15,17H,7-14H2,1-4H3. The molecule has 2 heterocycles. The molecule has 5 nitrogen and oxygen atoms in total. The van der Waals surface area contributed by atoms with Gasteiger partial charge in [-0.05, 0) is 36.0 Å². The topological polar surface area (TPSA) is 42.0 Å². The molecule has 1 amide bonds. The van der Waals surface area contributed by atoms with Gasteiger partial charge in [0.2, 0.25) is 0 Å². The quantitative estimate of drug-likeness (QED) is 0.831. The monoisotopic (exact) mass is 360 g/mol. The van der Waals surface area contributed by atoms with E-state index in [2.05, 4.69) is 25.7 Å². The summed E-state index contributed by atoms with van der Waals surface area (Å²) in [4.78, 5) is 17.5. The molecule has 5 heteroatoms. The maximum Gasteiger partial charge on any atom is 0.253 e. The Balaban J connectivity index is 1.65. The van der Waals surface area contributed by atoms with Gasteiger partial charge in [0, 0.05) is 37.8 Å². The molecule has 3 rings (SSSR count). The van der Waals surface area contributed by atoms with E-state index in [1.165, 1.54) is 0 Å². The highest BCUT2D eigenvalue weighted by Gasteiger charge is 2.29. The summed E-state index contributed by atoms with van der Waals surface area (Å²) in [7, 11) is 1.67. The Bertz CT molecular complexity index is 625. The van der Waals surface area contributed by atoms with Crippen molar-refractivity contribution in [3.63, 3.8) is 0 Å². The molecule has 144 valence electrons. The van der Waals surface area contributed by atoms with Gasteiger partial charge in [0.25, 0.3) is 5.91 Å². The Morgan fingerprint density at radius 1 is 1.12 bits per heavy atom. The first-order valence-electron chi connectivity index (χ1n) is 9.70. The molecule has 0 aromatic heterocycles. The normalized spacial score (nSPS) is 20.2. The van der Waals surface area contributed by atoms with Crippen molar-refractivity contribution >= 4 is 5.91 Å². The van der Waals surface area contributed by atoms with E-state index >= 15 is 0 Å². The number of piperidine rings is 1. The minimum absolute atomic E-state index is 0.0105. The molecule has 1 aromatic rings. The van der Waals surface area contributed by atoms with Crippen LogP contribution in [-0.4, -0.2) is 68.3 Å². The second-order valence-electron chi connectivity index (χ2n) is 8.34. The van der Waals surface area contributed by atoms with Crippen LogP contribution in [0.4, 0.5) is 0 Å². The number of morpholine rings is 1. The molecule has 2 aliphatic rings. The molecule has 0 spiro atoms. The summed E-state index contributed by atoms with van der Waals surface area (Å²) < 4.78 is 11.0. The van der Waals surface area contributed by atoms with Gasteiger partial charge < -0.3 is 14.4 Å². The van der Waals surface area contributed by atoms with E-state index < -0.39 is 0 Å². The van der Waals surface area contributed by atoms with E-state index in [1.54, 1.807) is 7.11 Å². The van der Waals surface area contributed by atoms with E-state index in [9.17, 15) is 4.79 Å². The van der Waals surface area contributed by atoms with Crippen LogP contribution in [0.1, 0.15) is 49.5 Å². The van der Waals surface area contributed by atoms with E-state index in [-0.39, 0.29) is 11.3 Å². The van der Waals surface area contributed by atoms with Crippen LogP contribution < -0.4 is 4.74 Å². The molecule has 26 heavy (non-hydrogen) atoms. The summed E-state index contributed by atoms with van der Waals surface area (Å²) in [5.41, 5.74) is 1.84. The number of ether oxygens (including phenoxy) is 2. The third kappa shape index (κ3) is 4.21. The first-order valence-corrected chi connectivity index (χ1v) is 9.70. The average molecular weight is 360 g/mol. The molecule has 0 atom stereocenters. The number of likely N-dealkylation sites (tertiary alicyclic amines) is 1. The minimum Gasteiger partial charge on any atom is -0.496 e. The number of carbonyl (C=O) groups excluding carboxylic acids is 1. The number of hydrogen-bond acceptors (Lipinski definition) is 4. The molecule has 0 unspecified atom stereocenters. The van der Waals surface area contributed by atoms with Crippen LogP contribution in [0, 0.1) is 0 Å². The van der Waals surface area contributed by atoms with Gasteiger partial charge in [0.05, 0.1) is 20.3 Å². The molecular weight excluding hydrogens is 328 g/mol. The second kappa shape index (κ2) is 7.97. The van der Waals surface area contributed by atoms with Crippen molar-refractivity contribution in [3.05, 3.63) is 29.3 Å². The third-order valence-corrected chi connectivity index (χ3v) is 5.57. The zero-order chi connectivity index (χ0) is 18.7. The van der Waals surface area contributed by atoms with Crippen molar-refractivity contribution in [1.29, 1.82) is 0 Å². The van der Waals surface area contributed by atoms with Crippen LogP contribution >= 0.6 is 0 Å². The second-order valence-corrected chi connectivity index (χ2v) is 8.34. The summed E-state index contributed by atoms with van der Waals surface area (Å²) in [5, 5.41) is 0. The molecule has 2 aliphatic heterocycles. The van der Waals surface area contributed by atoms with Crippen molar-refractivity contribution in [2.75, 3.05) is 46.5 Å². The van der Waals surface area contributed by atoms with Crippen molar-refractivity contribution in [2.24, 2.45) is 0 Å². The molecule has 0 saturated carbocycles. The highest BCUT2D eigenvalue weighted by molar-refractivity contribution is 5.94. The number of rotatable bonds is 3. The van der Waals surface area contributed by atoms with E-state index in [0.717, 1.165) is 69.1 Å². The summed E-state index contributed by atoms with van der Waals surface area (Å²) in [6, 6.07) is 6.46. The molecule has 0 N–H and O–H groups in total. The van der Waals surface area contributed by atoms with E-state index in [1.807, 2.05) is 23.1 Å². The van der Waals surface area contributed by atoms with E-state index in [0.29, 0.717) is 6.04 Å². The van der Waals surface area contributed by atoms with Crippen LogP contribution in [0.3, 0.4) is 0 Å². The van der Waals surface area contributed by atoms with Crippen molar-refractivity contribution in [3.8, 4) is 5.75 Å². The minimum atomic E-state index is -0.0105. The Morgan fingerprint density at radius 2 is 1.77 bits per heavy atom. The average Bonchev–Trinajstić information content (AvgIpc) is 2.67. The van der Waals surface area contributed by atoms with Crippen LogP contribution in [0.15, 0.2) is 18.2 Å². The highest BCUT2D eigenvalue weighted by Crippen LogP contribution is 2.32. The fraction of sp³-hybridized carbons (Fsp3) is 0.667. The fourth-order valence-corrected chi connectivity index (χ4v) is 4.00. The lowest BCUT2D eigenvalue weighted by Gasteiger charge is -2.40. The molecule has 2 fully saturated rings. The smallest absolute Gasteiger partial charge is 0.253 e. The maximum absolute atomic E-state index is 12.9. The van der Waals surface area contributed by atoms with Gasteiger partial charge >= 0.3 is 0 Å². The lowest BCUT2D eigenvalue weighted by Crippen LogP contribution is -2.50. The number of nitrogens with zero attached hydrogens (tertiary/aromatic N) is 2. The van der Waals surface area contributed by atoms with Crippen molar-refractivity contribution in [2.45, 2.75) is 45.1 Å². The van der Waals surface area contributed by atoms with Gasteiger partial charge in [-0.1, -0.05) is 26.8 Å². The lowest BCUT2D eigenvalue weighted by atomic mass is 9.85. The fourth-order valence-electron chi connectivity index (χ4n) is 4.00. The van der Waals surface area contributed by atoms with Gasteiger partial charge in [0.1, 0.15) is 5.75 Å². The zero-order valence-corrected chi connectivity index (χ0v) is 16.6. The summed E-state index contributed by atoms with van der Waals surface area (Å²) in [5.74, 6) is 0.913. The van der Waals surface area contributed by atoms with Crippen LogP contribution in [0.25, 0.3) is 0 Å². The molecule has 2 saturated heterocycles. The van der Waals surface area contributed by atoms with Gasteiger partial charge in [-0.3, -0.25) is 9.69 Å². The Labute approximate surface area is 157 Å². The zero-order valence-electron chi connectivity index (χ0n) is 16.6. The van der Waals surface area contributed by atoms with Crippen molar-refractivity contribution in [1.82, 2.24) is 9.80 Å². The number of methoxy groups -OCH3 is 1. The Kier molecular flexibility index (Phi) is 5.88. The van der Waals surface area contributed by atoms with Gasteiger partial charge in [0.15, 0.2) is 0 Å². The highest BCUT2D eigenvalue weighted by atomic mass is 16.5. The molecular formula is C21H32N2O3. The summed E-state index contributed by atoms with van der Waals surface area (Å²) in [6.07, 6.45) is 2.09. The molecule has 0 aliphatic carbocycles. The van der Waals surface area contributed by atoms with Gasteiger partial charge in [-0.2, -0.15) is 0 Å². The van der Waals surface area contributed by atoms with Crippen LogP contribution in [0.2, 0.25) is 0 Å². The Morgan fingerprint density at radius 3 is 2.35 bits per heavy atom. The third-order valence-electron chi connectivity index (χ3n) is 5.57. The number of benzene rings is 1. The van der Waals surface area contributed by atoms with Crippen molar-refractivity contribution < 1.29 is 14.3 Å². The first-order chi connectivity index (χ1) is 12.4.